The van der Waals surface area contributed by atoms with Crippen LogP contribution in [-0.2, 0) is 0 Å². The highest BCUT2D eigenvalue weighted by atomic mass is 15.4. The van der Waals surface area contributed by atoms with Crippen LogP contribution in [0.25, 0.3) is 0 Å². The molecule has 0 atom stereocenters. The summed E-state index contributed by atoms with van der Waals surface area (Å²) >= 11 is 0. The lowest BCUT2D eigenvalue weighted by atomic mass is 10.3. The summed E-state index contributed by atoms with van der Waals surface area (Å²) in [5.41, 5.74) is 10.6. The summed E-state index contributed by atoms with van der Waals surface area (Å²) in [7, 11) is 0. The van der Waals surface area contributed by atoms with Crippen molar-refractivity contribution in [1.29, 1.82) is 0 Å². The molecule has 0 aliphatic rings. The third-order valence-electron chi connectivity index (χ3n) is 3.73. The minimum absolute atomic E-state index is 0.628. The second-order valence-electron chi connectivity index (χ2n) is 5.93. The van der Waals surface area contributed by atoms with Gasteiger partial charge in [0, 0.05) is 5.69 Å². The SMILES string of the molecule is CC(=N\Nc1ccccc1)/C(=N/Nc1ccccc1)n1nc(C)cc1C. The monoisotopic (exact) mass is 346 g/mol. The Balaban J connectivity index is 1.90. The Hall–Kier alpha value is -3.41. The number of para-hydroxylation sites is 2. The summed E-state index contributed by atoms with van der Waals surface area (Å²) in [6, 6.07) is 21.6. The zero-order chi connectivity index (χ0) is 18.4. The van der Waals surface area contributed by atoms with Crippen molar-refractivity contribution in [2.45, 2.75) is 20.8 Å². The highest BCUT2D eigenvalue weighted by Crippen LogP contribution is 2.09. The van der Waals surface area contributed by atoms with Gasteiger partial charge in [0.15, 0.2) is 5.84 Å². The van der Waals surface area contributed by atoms with E-state index >= 15 is 0 Å². The molecule has 2 aromatic carbocycles. The second-order valence-corrected chi connectivity index (χ2v) is 5.93. The van der Waals surface area contributed by atoms with Crippen molar-refractivity contribution in [2.24, 2.45) is 10.2 Å². The van der Waals surface area contributed by atoms with Crippen molar-refractivity contribution in [2.75, 3.05) is 10.9 Å². The summed E-state index contributed by atoms with van der Waals surface area (Å²) in [6.45, 7) is 5.86. The van der Waals surface area contributed by atoms with Gasteiger partial charge >= 0.3 is 0 Å². The predicted molar refractivity (Wildman–Crippen MR) is 108 cm³/mol. The Bertz CT molecular complexity index is 910. The van der Waals surface area contributed by atoms with Crippen molar-refractivity contribution >= 4 is 22.9 Å². The smallest absolute Gasteiger partial charge is 0.196 e. The number of nitrogens with zero attached hydrogens (tertiary/aromatic N) is 4. The Labute approximate surface area is 153 Å². The first-order valence-electron chi connectivity index (χ1n) is 8.41. The van der Waals surface area contributed by atoms with E-state index in [0.717, 1.165) is 22.8 Å². The zero-order valence-corrected chi connectivity index (χ0v) is 15.1. The van der Waals surface area contributed by atoms with Crippen molar-refractivity contribution < 1.29 is 0 Å². The molecule has 3 rings (SSSR count). The fourth-order valence-electron chi connectivity index (χ4n) is 2.47. The van der Waals surface area contributed by atoms with E-state index < -0.39 is 0 Å². The molecule has 0 saturated heterocycles. The summed E-state index contributed by atoms with van der Waals surface area (Å²) < 4.78 is 1.79. The molecule has 0 spiro atoms. The molecular formula is C20H22N6. The lowest BCUT2D eigenvalue weighted by Crippen LogP contribution is -2.25. The summed E-state index contributed by atoms with van der Waals surface area (Å²) in [5, 5.41) is 13.6. The number of aromatic nitrogens is 2. The van der Waals surface area contributed by atoms with Gasteiger partial charge in [0.1, 0.15) is 5.71 Å². The van der Waals surface area contributed by atoms with E-state index in [2.05, 4.69) is 26.2 Å². The molecule has 6 heteroatoms. The lowest BCUT2D eigenvalue weighted by molar-refractivity contribution is 0.884. The minimum atomic E-state index is 0.628. The first kappa shape index (κ1) is 17.4. The van der Waals surface area contributed by atoms with Gasteiger partial charge in [-0.2, -0.15) is 15.3 Å². The maximum absolute atomic E-state index is 4.55. The summed E-state index contributed by atoms with van der Waals surface area (Å²) in [5.74, 6) is 0.628. The third-order valence-corrected chi connectivity index (χ3v) is 3.73. The van der Waals surface area contributed by atoms with Crippen LogP contribution in [0.2, 0.25) is 0 Å². The maximum Gasteiger partial charge on any atom is 0.196 e. The molecule has 1 heterocycles. The van der Waals surface area contributed by atoms with Gasteiger partial charge in [-0.05, 0) is 51.1 Å². The number of hydrogen-bond acceptors (Lipinski definition) is 5. The Morgan fingerprint density at radius 3 is 1.88 bits per heavy atom. The number of rotatable bonds is 5. The Morgan fingerprint density at radius 2 is 1.38 bits per heavy atom. The van der Waals surface area contributed by atoms with Gasteiger partial charge < -0.3 is 0 Å². The zero-order valence-electron chi connectivity index (χ0n) is 15.1. The number of benzene rings is 2. The van der Waals surface area contributed by atoms with Gasteiger partial charge in [-0.15, -0.1) is 0 Å². The van der Waals surface area contributed by atoms with E-state index in [1.165, 1.54) is 0 Å². The van der Waals surface area contributed by atoms with Crippen molar-refractivity contribution in [3.05, 3.63) is 78.1 Å². The molecule has 0 radical (unpaired) electrons. The summed E-state index contributed by atoms with van der Waals surface area (Å²) in [4.78, 5) is 0. The van der Waals surface area contributed by atoms with Gasteiger partial charge in [-0.25, -0.2) is 4.68 Å². The van der Waals surface area contributed by atoms with E-state index in [1.807, 2.05) is 87.5 Å². The fraction of sp³-hybridized carbons (Fsp3) is 0.150. The molecule has 1 aromatic heterocycles. The van der Waals surface area contributed by atoms with Gasteiger partial charge in [0.25, 0.3) is 0 Å². The third kappa shape index (κ3) is 4.36. The van der Waals surface area contributed by atoms with Crippen LogP contribution in [0.1, 0.15) is 18.3 Å². The first-order valence-corrected chi connectivity index (χ1v) is 8.41. The number of aryl methyl sites for hydroxylation is 2. The molecule has 0 bridgehead atoms. The maximum atomic E-state index is 4.55. The van der Waals surface area contributed by atoms with Gasteiger partial charge in [-0.3, -0.25) is 10.9 Å². The number of hydrogen-bond donors (Lipinski definition) is 2. The van der Waals surface area contributed by atoms with Crippen LogP contribution in [0, 0.1) is 13.8 Å². The van der Waals surface area contributed by atoms with E-state index in [9.17, 15) is 0 Å². The number of hydrazone groups is 2. The normalized spacial score (nSPS) is 12.1. The highest BCUT2D eigenvalue weighted by molar-refractivity contribution is 6.41. The van der Waals surface area contributed by atoms with E-state index in [4.69, 9.17) is 0 Å². The van der Waals surface area contributed by atoms with Crippen LogP contribution in [0.3, 0.4) is 0 Å². The molecule has 6 nitrogen and oxygen atoms in total. The predicted octanol–water partition coefficient (Wildman–Crippen LogP) is 4.26. The van der Waals surface area contributed by atoms with Crippen LogP contribution in [0.5, 0.6) is 0 Å². The van der Waals surface area contributed by atoms with Crippen molar-refractivity contribution in [3.63, 3.8) is 0 Å². The topological polar surface area (TPSA) is 66.6 Å². The molecule has 0 amide bonds. The first-order chi connectivity index (χ1) is 12.6. The Morgan fingerprint density at radius 1 is 0.846 bits per heavy atom. The van der Waals surface area contributed by atoms with Gasteiger partial charge in [0.05, 0.1) is 17.1 Å². The van der Waals surface area contributed by atoms with Crippen LogP contribution >= 0.6 is 0 Å². The molecule has 0 fully saturated rings. The number of anilines is 2. The average Bonchev–Trinajstić information content (AvgIpc) is 3.00. The van der Waals surface area contributed by atoms with Crippen LogP contribution in [0.4, 0.5) is 11.4 Å². The largest absolute Gasteiger partial charge is 0.278 e. The fourth-order valence-corrected chi connectivity index (χ4v) is 2.47. The van der Waals surface area contributed by atoms with Gasteiger partial charge in [0.2, 0.25) is 0 Å². The van der Waals surface area contributed by atoms with E-state index in [-0.39, 0.29) is 0 Å². The van der Waals surface area contributed by atoms with Crippen LogP contribution in [0.15, 0.2) is 76.9 Å². The molecule has 0 aliphatic carbocycles. The van der Waals surface area contributed by atoms with Crippen LogP contribution < -0.4 is 10.9 Å². The van der Waals surface area contributed by atoms with Crippen molar-refractivity contribution in [1.82, 2.24) is 9.78 Å². The summed E-state index contributed by atoms with van der Waals surface area (Å²) in [6.07, 6.45) is 0. The molecule has 0 unspecified atom stereocenters. The van der Waals surface area contributed by atoms with E-state index in [0.29, 0.717) is 11.5 Å². The van der Waals surface area contributed by atoms with Crippen molar-refractivity contribution in [3.8, 4) is 0 Å². The quantitative estimate of drug-likeness (QED) is 0.412. The molecule has 0 saturated carbocycles. The molecule has 132 valence electrons. The molecular weight excluding hydrogens is 324 g/mol. The van der Waals surface area contributed by atoms with Crippen LogP contribution in [-0.4, -0.2) is 21.3 Å². The second kappa shape index (κ2) is 8.11. The highest BCUT2D eigenvalue weighted by Gasteiger charge is 2.12. The molecule has 3 aromatic rings. The lowest BCUT2D eigenvalue weighted by Gasteiger charge is -2.10. The average molecular weight is 346 g/mol. The van der Waals surface area contributed by atoms with Gasteiger partial charge in [-0.1, -0.05) is 36.4 Å². The van der Waals surface area contributed by atoms with E-state index in [1.54, 1.807) is 4.68 Å². The number of nitrogens with one attached hydrogen (secondary N) is 2. The molecule has 2 N–H and O–H groups in total. The minimum Gasteiger partial charge on any atom is -0.278 e. The Kier molecular flexibility index (Phi) is 5.43. The molecule has 26 heavy (non-hydrogen) atoms. The molecule has 0 aliphatic heterocycles. The standard InChI is InChI=1S/C20H22N6/c1-15-14-16(2)26(25-15)20(24-23-19-12-8-5-9-13-19)17(3)21-22-18-10-6-4-7-11-18/h4-14,22-23H,1-3H3/b21-17+,24-20-.